The third-order valence-electron chi connectivity index (χ3n) is 2.48. The van der Waals surface area contributed by atoms with Crippen molar-refractivity contribution in [3.8, 4) is 0 Å². The van der Waals surface area contributed by atoms with E-state index in [2.05, 4.69) is 20.7 Å². The Kier molecular flexibility index (Phi) is 4.49. The van der Waals surface area contributed by atoms with Gasteiger partial charge in [-0.3, -0.25) is 4.72 Å². The molecule has 0 bridgehead atoms. The monoisotopic (exact) mass is 394 g/mol. The number of nitrogen functional groups attached to an aromatic ring is 1. The van der Waals surface area contributed by atoms with Crippen LogP contribution in [0.2, 0.25) is 10.0 Å². The van der Waals surface area contributed by atoms with E-state index < -0.39 is 10.0 Å². The topological polar surface area (TPSA) is 72.2 Å². The van der Waals surface area contributed by atoms with Gasteiger partial charge in [-0.2, -0.15) is 0 Å². The van der Waals surface area contributed by atoms with Crippen LogP contribution >= 0.6 is 39.1 Å². The number of hydrogen-bond acceptors (Lipinski definition) is 3. The first-order valence-electron chi connectivity index (χ1n) is 5.33. The van der Waals surface area contributed by atoms with Crippen molar-refractivity contribution in [1.82, 2.24) is 0 Å². The molecule has 2 rings (SSSR count). The molecule has 0 atom stereocenters. The Morgan fingerprint density at radius 3 is 2.40 bits per heavy atom. The van der Waals surface area contributed by atoms with Crippen LogP contribution in [0.25, 0.3) is 0 Å². The van der Waals surface area contributed by atoms with Gasteiger partial charge >= 0.3 is 0 Å². The minimum Gasteiger partial charge on any atom is -0.397 e. The van der Waals surface area contributed by atoms with Crippen LogP contribution in [0.1, 0.15) is 0 Å². The molecule has 2 aromatic rings. The Balaban J connectivity index is 2.43. The molecule has 8 heteroatoms. The molecule has 0 aliphatic heterocycles. The van der Waals surface area contributed by atoms with Crippen LogP contribution in [0.4, 0.5) is 11.4 Å². The average molecular weight is 396 g/mol. The lowest BCUT2D eigenvalue weighted by Crippen LogP contribution is -2.14. The molecule has 3 N–H and O–H groups in total. The molecule has 0 saturated heterocycles. The molecule has 4 nitrogen and oxygen atoms in total. The second-order valence-electron chi connectivity index (χ2n) is 3.89. The lowest BCUT2D eigenvalue weighted by atomic mass is 10.3. The molecular weight excluding hydrogens is 387 g/mol. The summed E-state index contributed by atoms with van der Waals surface area (Å²) < 4.78 is 27.4. The summed E-state index contributed by atoms with van der Waals surface area (Å²) in [4.78, 5) is 0.0492. The van der Waals surface area contributed by atoms with Crippen LogP contribution in [-0.4, -0.2) is 8.42 Å². The van der Waals surface area contributed by atoms with E-state index in [0.717, 1.165) is 0 Å². The van der Waals surface area contributed by atoms with Crippen LogP contribution in [-0.2, 0) is 10.0 Å². The molecule has 0 unspecified atom stereocenters. The zero-order chi connectivity index (χ0) is 14.9. The number of hydrogen-bond donors (Lipinski definition) is 2. The summed E-state index contributed by atoms with van der Waals surface area (Å²) in [5.74, 6) is 0. The summed E-state index contributed by atoms with van der Waals surface area (Å²) in [6, 6.07) is 9.01. The van der Waals surface area contributed by atoms with Crippen molar-refractivity contribution >= 4 is 60.5 Å². The lowest BCUT2D eigenvalue weighted by Gasteiger charge is -2.12. The molecule has 0 fully saturated rings. The summed E-state index contributed by atoms with van der Waals surface area (Å²) >= 11 is 15.0. The van der Waals surface area contributed by atoms with Gasteiger partial charge in [-0.05, 0) is 46.3 Å². The van der Waals surface area contributed by atoms with Gasteiger partial charge in [-0.1, -0.05) is 29.3 Å². The Bertz CT molecular complexity index is 746. The molecule has 0 aromatic heterocycles. The van der Waals surface area contributed by atoms with Crippen molar-refractivity contribution in [2.24, 2.45) is 0 Å². The summed E-state index contributed by atoms with van der Waals surface area (Å²) in [7, 11) is -3.80. The van der Waals surface area contributed by atoms with Crippen LogP contribution in [0.15, 0.2) is 45.8 Å². The Morgan fingerprint density at radius 2 is 1.80 bits per heavy atom. The molecule has 20 heavy (non-hydrogen) atoms. The minimum atomic E-state index is -3.80. The van der Waals surface area contributed by atoms with E-state index in [1.165, 1.54) is 18.2 Å². The highest BCUT2D eigenvalue weighted by Gasteiger charge is 2.18. The van der Waals surface area contributed by atoms with Gasteiger partial charge in [0.15, 0.2) is 0 Å². The maximum atomic E-state index is 12.3. The normalized spacial score (nSPS) is 11.3. The fourth-order valence-electron chi connectivity index (χ4n) is 1.49. The fraction of sp³-hybridized carbons (Fsp3) is 0. The Labute approximate surface area is 135 Å². The van der Waals surface area contributed by atoms with Gasteiger partial charge in [0.25, 0.3) is 10.0 Å². The van der Waals surface area contributed by atoms with E-state index in [1.807, 2.05) is 0 Å². The lowest BCUT2D eigenvalue weighted by molar-refractivity contribution is 0.601. The smallest absolute Gasteiger partial charge is 0.262 e. The first-order chi connectivity index (χ1) is 9.31. The molecular formula is C12H9BrCl2N2O2S. The van der Waals surface area contributed by atoms with E-state index in [4.69, 9.17) is 28.9 Å². The van der Waals surface area contributed by atoms with Gasteiger partial charge in [0.2, 0.25) is 0 Å². The van der Waals surface area contributed by atoms with Gasteiger partial charge in [0.05, 0.1) is 26.3 Å². The van der Waals surface area contributed by atoms with Gasteiger partial charge in [-0.25, -0.2) is 8.42 Å². The number of rotatable bonds is 3. The Hall–Kier alpha value is -0.950. The van der Waals surface area contributed by atoms with Crippen molar-refractivity contribution in [3.05, 3.63) is 50.9 Å². The SMILES string of the molecule is Nc1cccc(Cl)c1NS(=O)(=O)c1ccc(Cl)c(Br)c1. The summed E-state index contributed by atoms with van der Waals surface area (Å²) in [6.45, 7) is 0. The fourth-order valence-corrected chi connectivity index (χ4v) is 3.55. The number of nitrogens with two attached hydrogens (primary N) is 1. The molecule has 0 aliphatic carbocycles. The summed E-state index contributed by atoms with van der Waals surface area (Å²) in [5.41, 5.74) is 6.12. The van der Waals surface area contributed by atoms with Gasteiger partial charge in [0, 0.05) is 4.47 Å². The van der Waals surface area contributed by atoms with Crippen molar-refractivity contribution in [1.29, 1.82) is 0 Å². The maximum absolute atomic E-state index is 12.3. The van der Waals surface area contributed by atoms with E-state index in [9.17, 15) is 8.42 Å². The van der Waals surface area contributed by atoms with E-state index >= 15 is 0 Å². The second-order valence-corrected chi connectivity index (χ2v) is 7.24. The van der Waals surface area contributed by atoms with E-state index in [0.29, 0.717) is 9.50 Å². The second kappa shape index (κ2) is 5.81. The minimum absolute atomic E-state index is 0.0492. The number of nitrogens with one attached hydrogen (secondary N) is 1. The number of anilines is 2. The molecule has 106 valence electrons. The molecule has 0 heterocycles. The van der Waals surface area contributed by atoms with Crippen LogP contribution < -0.4 is 10.5 Å². The molecule has 0 radical (unpaired) electrons. The highest BCUT2D eigenvalue weighted by atomic mass is 79.9. The maximum Gasteiger partial charge on any atom is 0.262 e. The number of para-hydroxylation sites is 1. The predicted octanol–water partition coefficient (Wildman–Crippen LogP) is 4.14. The van der Waals surface area contributed by atoms with Gasteiger partial charge < -0.3 is 5.73 Å². The zero-order valence-electron chi connectivity index (χ0n) is 9.90. The van der Waals surface area contributed by atoms with Crippen molar-refractivity contribution in [3.63, 3.8) is 0 Å². The molecule has 0 spiro atoms. The van der Waals surface area contributed by atoms with E-state index in [1.54, 1.807) is 18.2 Å². The highest BCUT2D eigenvalue weighted by molar-refractivity contribution is 9.10. The van der Waals surface area contributed by atoms with Crippen LogP contribution in [0, 0.1) is 0 Å². The third-order valence-corrected chi connectivity index (χ3v) is 5.36. The standard InChI is InChI=1S/C12H9BrCl2N2O2S/c13-8-6-7(4-5-9(8)14)20(18,19)17-12-10(15)2-1-3-11(12)16/h1-6,17H,16H2. The molecule has 0 aliphatic rings. The predicted molar refractivity (Wildman–Crippen MR) is 85.8 cm³/mol. The van der Waals surface area contributed by atoms with Crippen LogP contribution in [0.3, 0.4) is 0 Å². The largest absolute Gasteiger partial charge is 0.397 e. The van der Waals surface area contributed by atoms with Crippen molar-refractivity contribution < 1.29 is 8.42 Å². The highest BCUT2D eigenvalue weighted by Crippen LogP contribution is 2.31. The number of sulfonamides is 1. The van der Waals surface area contributed by atoms with Gasteiger partial charge in [-0.15, -0.1) is 0 Å². The van der Waals surface area contributed by atoms with Crippen LogP contribution in [0.5, 0.6) is 0 Å². The number of benzene rings is 2. The molecule has 2 aromatic carbocycles. The van der Waals surface area contributed by atoms with Crippen molar-refractivity contribution in [2.45, 2.75) is 4.90 Å². The quantitative estimate of drug-likeness (QED) is 0.767. The average Bonchev–Trinajstić information content (AvgIpc) is 2.37. The number of halogens is 3. The molecule has 0 amide bonds. The zero-order valence-corrected chi connectivity index (χ0v) is 13.8. The van der Waals surface area contributed by atoms with Gasteiger partial charge in [0.1, 0.15) is 0 Å². The summed E-state index contributed by atoms with van der Waals surface area (Å²) in [5, 5.41) is 0.641. The summed E-state index contributed by atoms with van der Waals surface area (Å²) in [6.07, 6.45) is 0. The molecule has 0 saturated carbocycles. The van der Waals surface area contributed by atoms with E-state index in [-0.39, 0.29) is 21.3 Å². The third kappa shape index (κ3) is 3.20. The Morgan fingerprint density at radius 1 is 1.10 bits per heavy atom. The first-order valence-corrected chi connectivity index (χ1v) is 8.36. The first kappa shape index (κ1) is 15.4. The van der Waals surface area contributed by atoms with Crippen molar-refractivity contribution in [2.75, 3.05) is 10.5 Å².